The number of benzene rings is 1. The van der Waals surface area contributed by atoms with E-state index in [0.717, 1.165) is 12.0 Å². The van der Waals surface area contributed by atoms with E-state index in [-0.39, 0.29) is 12.6 Å². The molecule has 124 valence electrons. The number of hydrogen-bond donors (Lipinski definition) is 2. The third-order valence-corrected chi connectivity index (χ3v) is 3.80. The molecule has 6 nitrogen and oxygen atoms in total. The smallest absolute Gasteiger partial charge is 0.319 e. The van der Waals surface area contributed by atoms with Gasteiger partial charge in [-0.15, -0.1) is 0 Å². The summed E-state index contributed by atoms with van der Waals surface area (Å²) < 4.78 is 10.1. The molecule has 0 aliphatic carbocycles. The Balaban J connectivity index is 2.21. The van der Waals surface area contributed by atoms with Gasteiger partial charge in [-0.1, -0.05) is 37.8 Å². The standard InChI is InChI=1S/C17H22N2O4/c1-4-12-5-7-13(8-6-12)15-14(11(2)18-17(21)19-15)16(20)23-10-9-22-3/h5-8,14-15H,2,4,9-10H2,1,3H3,(H2,18,19,21)/t14-,15+/m1/s1. The Labute approximate surface area is 135 Å². The van der Waals surface area contributed by atoms with Gasteiger partial charge in [0, 0.05) is 12.8 Å². The zero-order chi connectivity index (χ0) is 16.8. The van der Waals surface area contributed by atoms with Crippen LogP contribution in [0, 0.1) is 5.92 Å². The molecule has 1 aromatic rings. The first-order valence-electron chi connectivity index (χ1n) is 7.57. The van der Waals surface area contributed by atoms with Crippen LogP contribution in [0.3, 0.4) is 0 Å². The minimum atomic E-state index is -0.683. The molecule has 23 heavy (non-hydrogen) atoms. The summed E-state index contributed by atoms with van der Waals surface area (Å²) in [4.78, 5) is 24.1. The summed E-state index contributed by atoms with van der Waals surface area (Å²) in [6, 6.07) is 6.92. The van der Waals surface area contributed by atoms with Gasteiger partial charge < -0.3 is 20.1 Å². The van der Waals surface area contributed by atoms with Gasteiger partial charge in [0.25, 0.3) is 0 Å². The molecule has 0 radical (unpaired) electrons. The molecule has 0 aromatic heterocycles. The van der Waals surface area contributed by atoms with Gasteiger partial charge in [0.05, 0.1) is 12.6 Å². The number of carbonyl (C=O) groups is 2. The maximum Gasteiger partial charge on any atom is 0.319 e. The molecule has 2 amide bonds. The summed E-state index contributed by atoms with van der Waals surface area (Å²) in [5.74, 6) is -1.12. The van der Waals surface area contributed by atoms with Crippen LogP contribution >= 0.6 is 0 Å². The summed E-state index contributed by atoms with van der Waals surface area (Å²) in [5.41, 5.74) is 2.36. The zero-order valence-electron chi connectivity index (χ0n) is 13.4. The molecule has 0 saturated carbocycles. The summed E-state index contributed by atoms with van der Waals surface area (Å²) in [6.45, 7) is 6.35. The van der Waals surface area contributed by atoms with Gasteiger partial charge in [-0.25, -0.2) is 4.79 Å². The molecular formula is C17H22N2O4. The van der Waals surface area contributed by atoms with E-state index in [4.69, 9.17) is 9.47 Å². The number of aryl methyl sites for hydroxylation is 1. The fourth-order valence-corrected chi connectivity index (χ4v) is 2.52. The van der Waals surface area contributed by atoms with Crippen LogP contribution in [0.15, 0.2) is 36.5 Å². The fourth-order valence-electron chi connectivity index (χ4n) is 2.52. The third-order valence-electron chi connectivity index (χ3n) is 3.80. The number of nitrogens with one attached hydrogen (secondary N) is 2. The van der Waals surface area contributed by atoms with E-state index in [1.165, 1.54) is 12.7 Å². The van der Waals surface area contributed by atoms with Crippen LogP contribution in [0.1, 0.15) is 24.1 Å². The van der Waals surface area contributed by atoms with Gasteiger partial charge in [0.15, 0.2) is 0 Å². The van der Waals surface area contributed by atoms with E-state index in [1.54, 1.807) is 0 Å². The largest absolute Gasteiger partial charge is 0.463 e. The molecule has 0 unspecified atom stereocenters. The molecule has 0 bridgehead atoms. The van der Waals surface area contributed by atoms with Crippen LogP contribution in [0.4, 0.5) is 4.79 Å². The van der Waals surface area contributed by atoms with E-state index in [9.17, 15) is 9.59 Å². The van der Waals surface area contributed by atoms with Crippen molar-refractivity contribution in [2.75, 3.05) is 20.3 Å². The quantitative estimate of drug-likeness (QED) is 0.620. The molecule has 2 atom stereocenters. The molecule has 1 aliphatic rings. The lowest BCUT2D eigenvalue weighted by Crippen LogP contribution is -2.51. The first kappa shape index (κ1) is 17.0. The van der Waals surface area contributed by atoms with E-state index >= 15 is 0 Å². The third kappa shape index (κ3) is 4.10. The Bertz CT molecular complexity index is 583. The topological polar surface area (TPSA) is 76.7 Å². The summed E-state index contributed by atoms with van der Waals surface area (Å²) >= 11 is 0. The van der Waals surface area contributed by atoms with E-state index in [2.05, 4.69) is 24.1 Å². The zero-order valence-corrected chi connectivity index (χ0v) is 13.4. The Morgan fingerprint density at radius 1 is 1.26 bits per heavy atom. The molecule has 0 spiro atoms. The predicted octanol–water partition coefficient (Wildman–Crippen LogP) is 1.92. The molecule has 1 aromatic carbocycles. The molecule has 1 aliphatic heterocycles. The lowest BCUT2D eigenvalue weighted by Gasteiger charge is -2.33. The van der Waals surface area contributed by atoms with Crippen LogP contribution in [0.25, 0.3) is 0 Å². The first-order chi connectivity index (χ1) is 11.1. The lowest BCUT2D eigenvalue weighted by molar-refractivity contribution is -0.149. The highest BCUT2D eigenvalue weighted by Gasteiger charge is 2.38. The molecule has 2 rings (SSSR count). The Kier molecular flexibility index (Phi) is 5.76. The highest BCUT2D eigenvalue weighted by molar-refractivity contribution is 5.85. The lowest BCUT2D eigenvalue weighted by atomic mass is 9.88. The van der Waals surface area contributed by atoms with Crippen LogP contribution in [0.5, 0.6) is 0 Å². The second-order valence-corrected chi connectivity index (χ2v) is 5.33. The van der Waals surface area contributed by atoms with Crippen molar-refractivity contribution < 1.29 is 19.1 Å². The minimum Gasteiger partial charge on any atom is -0.463 e. The Morgan fingerprint density at radius 2 is 1.96 bits per heavy atom. The number of rotatable bonds is 6. The predicted molar refractivity (Wildman–Crippen MR) is 85.7 cm³/mol. The number of carbonyl (C=O) groups excluding carboxylic acids is 2. The highest BCUT2D eigenvalue weighted by Crippen LogP contribution is 2.30. The maximum absolute atomic E-state index is 12.4. The molecular weight excluding hydrogens is 296 g/mol. The van der Waals surface area contributed by atoms with Crippen molar-refractivity contribution in [1.82, 2.24) is 10.6 Å². The van der Waals surface area contributed by atoms with Crippen molar-refractivity contribution in [2.24, 2.45) is 5.92 Å². The molecule has 2 N–H and O–H groups in total. The van der Waals surface area contributed by atoms with Crippen LogP contribution in [-0.4, -0.2) is 32.3 Å². The summed E-state index contributed by atoms with van der Waals surface area (Å²) in [7, 11) is 1.53. The van der Waals surface area contributed by atoms with Crippen LogP contribution < -0.4 is 10.6 Å². The van der Waals surface area contributed by atoms with Crippen molar-refractivity contribution in [3.63, 3.8) is 0 Å². The van der Waals surface area contributed by atoms with E-state index in [0.29, 0.717) is 12.3 Å². The second-order valence-electron chi connectivity index (χ2n) is 5.33. The van der Waals surface area contributed by atoms with Gasteiger partial charge >= 0.3 is 12.0 Å². The SMILES string of the molecule is C=C1NC(=O)N[C@@H](c2ccc(CC)cc2)[C@@H]1C(=O)OCCOC. The van der Waals surface area contributed by atoms with E-state index in [1.807, 2.05) is 24.3 Å². The highest BCUT2D eigenvalue weighted by atomic mass is 16.6. The number of ether oxygens (including phenoxy) is 2. The molecule has 6 heteroatoms. The van der Waals surface area contributed by atoms with Crippen molar-refractivity contribution >= 4 is 12.0 Å². The van der Waals surface area contributed by atoms with Gasteiger partial charge in [-0.3, -0.25) is 4.79 Å². The van der Waals surface area contributed by atoms with Crippen molar-refractivity contribution in [1.29, 1.82) is 0 Å². The Morgan fingerprint density at radius 3 is 2.57 bits per heavy atom. The van der Waals surface area contributed by atoms with Gasteiger partial charge in [-0.2, -0.15) is 0 Å². The Hall–Kier alpha value is -2.34. The first-order valence-corrected chi connectivity index (χ1v) is 7.57. The number of hydrogen-bond acceptors (Lipinski definition) is 4. The maximum atomic E-state index is 12.4. The average molecular weight is 318 g/mol. The molecule has 1 heterocycles. The van der Waals surface area contributed by atoms with E-state index < -0.39 is 17.9 Å². The number of esters is 1. The van der Waals surface area contributed by atoms with Crippen molar-refractivity contribution in [3.8, 4) is 0 Å². The fraction of sp³-hybridized carbons (Fsp3) is 0.412. The van der Waals surface area contributed by atoms with Gasteiger partial charge in [0.1, 0.15) is 12.5 Å². The average Bonchev–Trinajstić information content (AvgIpc) is 2.54. The van der Waals surface area contributed by atoms with Crippen LogP contribution in [-0.2, 0) is 20.7 Å². The number of amides is 2. The van der Waals surface area contributed by atoms with Crippen LogP contribution in [0.2, 0.25) is 0 Å². The van der Waals surface area contributed by atoms with Gasteiger partial charge in [-0.05, 0) is 17.5 Å². The van der Waals surface area contributed by atoms with Crippen molar-refractivity contribution in [2.45, 2.75) is 19.4 Å². The summed E-state index contributed by atoms with van der Waals surface area (Å²) in [5, 5.41) is 5.33. The minimum absolute atomic E-state index is 0.161. The summed E-state index contributed by atoms with van der Waals surface area (Å²) in [6.07, 6.45) is 0.925. The second kappa shape index (κ2) is 7.78. The van der Waals surface area contributed by atoms with Crippen molar-refractivity contribution in [3.05, 3.63) is 47.7 Å². The van der Waals surface area contributed by atoms with Gasteiger partial charge in [0.2, 0.25) is 0 Å². The molecule has 1 fully saturated rings. The number of methoxy groups -OCH3 is 1. The number of urea groups is 1. The molecule has 1 saturated heterocycles. The normalized spacial score (nSPS) is 20.6. The monoisotopic (exact) mass is 318 g/mol.